The Kier molecular flexibility index (Phi) is 7.87. The summed E-state index contributed by atoms with van der Waals surface area (Å²) in [5.41, 5.74) is 3.33. The van der Waals surface area contributed by atoms with Gasteiger partial charge in [0.2, 0.25) is 0 Å². The average molecular weight is 539 g/mol. The van der Waals surface area contributed by atoms with Crippen LogP contribution >= 0.6 is 0 Å². The van der Waals surface area contributed by atoms with Crippen molar-refractivity contribution in [1.82, 2.24) is 20.4 Å². The number of furan rings is 1. The standard InChI is InChI=1S/C30H26N4O6/c1-2-38-29(36)26-23(31-30(37)32-28(26)24-14-9-17-39-24)19-40-25(35)16-15-21-18-34(22-12-7-4-8-13-22)33-27(21)20-10-5-3-6-11-20/h3-18,28H,2,19H2,1H3,(H2,31,32,37)/b16-15+. The molecule has 2 amide bonds. The fraction of sp³-hybridized carbons (Fsp3) is 0.133. The van der Waals surface area contributed by atoms with Gasteiger partial charge in [0.25, 0.3) is 0 Å². The van der Waals surface area contributed by atoms with Gasteiger partial charge in [-0.1, -0.05) is 48.5 Å². The number of esters is 2. The maximum atomic E-state index is 12.8. The van der Waals surface area contributed by atoms with Crippen LogP contribution in [0.25, 0.3) is 23.0 Å². The first kappa shape index (κ1) is 26.2. The van der Waals surface area contributed by atoms with Gasteiger partial charge in [0.1, 0.15) is 18.4 Å². The Morgan fingerprint density at radius 2 is 1.77 bits per heavy atom. The van der Waals surface area contributed by atoms with E-state index in [9.17, 15) is 14.4 Å². The number of amides is 2. The lowest BCUT2D eigenvalue weighted by Gasteiger charge is -2.27. The second-order valence-corrected chi connectivity index (χ2v) is 8.68. The SMILES string of the molecule is CCOC(=O)C1=C(COC(=O)/C=C/c2cn(-c3ccccc3)nc2-c2ccccc2)NC(=O)NC1c1ccco1. The predicted molar refractivity (Wildman–Crippen MR) is 146 cm³/mol. The van der Waals surface area contributed by atoms with Crippen LogP contribution in [0.15, 0.2) is 107 Å². The third kappa shape index (κ3) is 5.86. The number of para-hydroxylation sites is 1. The molecule has 1 atom stereocenters. The monoisotopic (exact) mass is 538 g/mol. The Balaban J connectivity index is 1.38. The number of carbonyl (C=O) groups is 3. The summed E-state index contributed by atoms with van der Waals surface area (Å²) >= 11 is 0. The normalized spacial score (nSPS) is 15.0. The molecule has 2 N–H and O–H groups in total. The number of benzene rings is 2. The van der Waals surface area contributed by atoms with Crippen molar-refractivity contribution in [3.8, 4) is 16.9 Å². The molecule has 0 saturated heterocycles. The third-order valence-corrected chi connectivity index (χ3v) is 6.04. The molecule has 4 aromatic rings. The van der Waals surface area contributed by atoms with Crippen molar-refractivity contribution < 1.29 is 28.3 Å². The highest BCUT2D eigenvalue weighted by atomic mass is 16.5. The summed E-state index contributed by atoms with van der Waals surface area (Å²) in [5, 5.41) is 9.92. The molecule has 40 heavy (non-hydrogen) atoms. The molecule has 0 fully saturated rings. The highest BCUT2D eigenvalue weighted by Crippen LogP contribution is 2.28. The topological polar surface area (TPSA) is 125 Å². The van der Waals surface area contributed by atoms with Crippen LogP contribution in [-0.2, 0) is 19.1 Å². The summed E-state index contributed by atoms with van der Waals surface area (Å²) < 4.78 is 17.8. The lowest BCUT2D eigenvalue weighted by molar-refractivity contribution is -0.140. The third-order valence-electron chi connectivity index (χ3n) is 6.04. The van der Waals surface area contributed by atoms with E-state index in [1.165, 1.54) is 12.3 Å². The van der Waals surface area contributed by atoms with Gasteiger partial charge in [-0.25, -0.2) is 19.1 Å². The molecule has 2 aromatic carbocycles. The minimum Gasteiger partial charge on any atom is -0.467 e. The first-order valence-electron chi connectivity index (χ1n) is 12.6. The van der Waals surface area contributed by atoms with E-state index in [2.05, 4.69) is 10.6 Å². The predicted octanol–water partition coefficient (Wildman–Crippen LogP) is 4.56. The van der Waals surface area contributed by atoms with Gasteiger partial charge in [-0.3, -0.25) is 0 Å². The zero-order valence-electron chi connectivity index (χ0n) is 21.6. The highest BCUT2D eigenvalue weighted by molar-refractivity contribution is 5.95. The highest BCUT2D eigenvalue weighted by Gasteiger charge is 2.35. The molecule has 202 valence electrons. The quantitative estimate of drug-likeness (QED) is 0.236. The number of rotatable bonds is 9. The second-order valence-electron chi connectivity index (χ2n) is 8.68. The molecule has 3 heterocycles. The van der Waals surface area contributed by atoms with Crippen LogP contribution < -0.4 is 10.6 Å². The number of hydrogen-bond donors (Lipinski definition) is 2. The largest absolute Gasteiger partial charge is 0.467 e. The Morgan fingerprint density at radius 3 is 2.48 bits per heavy atom. The van der Waals surface area contributed by atoms with Crippen LogP contribution in [0.4, 0.5) is 4.79 Å². The number of nitrogens with one attached hydrogen (secondary N) is 2. The average Bonchev–Trinajstić information content (AvgIpc) is 3.67. The van der Waals surface area contributed by atoms with Gasteiger partial charge in [0.15, 0.2) is 0 Å². The smallest absolute Gasteiger partial charge is 0.338 e. The number of aromatic nitrogens is 2. The molecule has 1 unspecified atom stereocenters. The summed E-state index contributed by atoms with van der Waals surface area (Å²) in [7, 11) is 0. The van der Waals surface area contributed by atoms with Crippen LogP contribution in [-0.4, -0.2) is 41.0 Å². The van der Waals surface area contributed by atoms with Crippen molar-refractivity contribution in [1.29, 1.82) is 0 Å². The van der Waals surface area contributed by atoms with Gasteiger partial charge in [-0.05, 0) is 37.3 Å². The van der Waals surface area contributed by atoms with E-state index >= 15 is 0 Å². The van der Waals surface area contributed by atoms with Crippen molar-refractivity contribution in [3.63, 3.8) is 0 Å². The van der Waals surface area contributed by atoms with Crippen molar-refractivity contribution >= 4 is 24.0 Å². The first-order chi connectivity index (χ1) is 19.5. The van der Waals surface area contributed by atoms with Gasteiger partial charge in [0, 0.05) is 23.4 Å². The molecule has 0 aliphatic carbocycles. The van der Waals surface area contributed by atoms with E-state index < -0.39 is 24.0 Å². The molecule has 0 spiro atoms. The minimum absolute atomic E-state index is 0.0867. The van der Waals surface area contributed by atoms with Gasteiger partial charge in [-0.2, -0.15) is 5.10 Å². The van der Waals surface area contributed by atoms with Gasteiger partial charge in [-0.15, -0.1) is 0 Å². The summed E-state index contributed by atoms with van der Waals surface area (Å²) in [4.78, 5) is 37.9. The van der Waals surface area contributed by atoms with Gasteiger partial charge in [0.05, 0.1) is 35.5 Å². The molecule has 2 aromatic heterocycles. The van der Waals surface area contributed by atoms with Crippen molar-refractivity contribution in [2.24, 2.45) is 0 Å². The molecule has 1 aliphatic rings. The van der Waals surface area contributed by atoms with E-state index in [1.807, 2.05) is 66.9 Å². The molecule has 10 heteroatoms. The van der Waals surface area contributed by atoms with E-state index in [-0.39, 0.29) is 24.5 Å². The Bertz CT molecular complexity index is 1560. The van der Waals surface area contributed by atoms with Crippen molar-refractivity contribution in [2.45, 2.75) is 13.0 Å². The molecule has 5 rings (SSSR count). The van der Waals surface area contributed by atoms with Crippen LogP contribution in [0.1, 0.15) is 24.3 Å². The number of nitrogens with zero attached hydrogens (tertiary/aromatic N) is 2. The number of hydrogen-bond acceptors (Lipinski definition) is 7. The maximum Gasteiger partial charge on any atom is 0.338 e. The Morgan fingerprint density at radius 1 is 1.02 bits per heavy atom. The number of urea groups is 1. The van der Waals surface area contributed by atoms with E-state index in [1.54, 1.807) is 29.8 Å². The first-order valence-corrected chi connectivity index (χ1v) is 12.6. The van der Waals surface area contributed by atoms with E-state index in [4.69, 9.17) is 19.0 Å². The molecular formula is C30H26N4O6. The van der Waals surface area contributed by atoms with Crippen LogP contribution in [0, 0.1) is 0 Å². The van der Waals surface area contributed by atoms with Crippen LogP contribution in [0.5, 0.6) is 0 Å². The molecule has 0 saturated carbocycles. The summed E-state index contributed by atoms with van der Waals surface area (Å²) in [5.74, 6) is -1.01. The van der Waals surface area contributed by atoms with Crippen LogP contribution in [0.3, 0.4) is 0 Å². The van der Waals surface area contributed by atoms with E-state index in [0.717, 1.165) is 11.3 Å². The molecular weight excluding hydrogens is 512 g/mol. The maximum absolute atomic E-state index is 12.8. The van der Waals surface area contributed by atoms with Crippen molar-refractivity contribution in [3.05, 3.63) is 114 Å². The minimum atomic E-state index is -0.899. The van der Waals surface area contributed by atoms with Crippen molar-refractivity contribution in [2.75, 3.05) is 13.2 Å². The number of ether oxygens (including phenoxy) is 2. The zero-order chi connectivity index (χ0) is 27.9. The Hall–Kier alpha value is -5.38. The zero-order valence-corrected chi connectivity index (χ0v) is 21.6. The summed E-state index contributed by atoms with van der Waals surface area (Å²) in [6.45, 7) is 1.43. The van der Waals surface area contributed by atoms with E-state index in [0.29, 0.717) is 17.0 Å². The molecule has 0 bridgehead atoms. The summed E-state index contributed by atoms with van der Waals surface area (Å²) in [6.07, 6.45) is 6.14. The van der Waals surface area contributed by atoms with Gasteiger partial charge < -0.3 is 24.5 Å². The second kappa shape index (κ2) is 12.0. The summed E-state index contributed by atoms with van der Waals surface area (Å²) in [6, 6.07) is 21.0. The molecule has 1 aliphatic heterocycles. The van der Waals surface area contributed by atoms with Crippen LogP contribution in [0.2, 0.25) is 0 Å². The van der Waals surface area contributed by atoms with Gasteiger partial charge >= 0.3 is 18.0 Å². The fourth-order valence-electron chi connectivity index (χ4n) is 4.24. The lowest BCUT2D eigenvalue weighted by Crippen LogP contribution is -2.47. The fourth-order valence-corrected chi connectivity index (χ4v) is 4.24. The Labute approximate surface area is 229 Å². The molecule has 0 radical (unpaired) electrons. The number of carbonyl (C=O) groups excluding carboxylic acids is 3. The molecule has 10 nitrogen and oxygen atoms in total. The lowest BCUT2D eigenvalue weighted by atomic mass is 10.0.